The number of hydrogen-bond acceptors (Lipinski definition) is 3. The summed E-state index contributed by atoms with van der Waals surface area (Å²) in [5.41, 5.74) is 1.97. The van der Waals surface area contributed by atoms with Crippen molar-refractivity contribution in [3.8, 4) is 0 Å². The SMILES string of the molecule is Cc1c([C@@H](C)NC(=O)NC2CC3CCC(C2)N3C)oc2ccccc12. The second-order valence-electron chi connectivity index (χ2n) is 7.65. The number of furan rings is 1. The lowest BCUT2D eigenvalue weighted by molar-refractivity contribution is 0.149. The van der Waals surface area contributed by atoms with Crippen LogP contribution in [0, 0.1) is 6.92 Å². The largest absolute Gasteiger partial charge is 0.459 e. The average molecular weight is 341 g/mol. The smallest absolute Gasteiger partial charge is 0.315 e. The zero-order chi connectivity index (χ0) is 17.6. The number of carbonyl (C=O) groups is 1. The maximum absolute atomic E-state index is 12.5. The Morgan fingerprint density at radius 3 is 2.60 bits per heavy atom. The fourth-order valence-corrected chi connectivity index (χ4v) is 4.62. The Kier molecular flexibility index (Phi) is 4.20. The van der Waals surface area contributed by atoms with Gasteiger partial charge < -0.3 is 20.0 Å². The van der Waals surface area contributed by atoms with Gasteiger partial charge in [-0.25, -0.2) is 4.79 Å². The number of carbonyl (C=O) groups excluding carboxylic acids is 1. The van der Waals surface area contributed by atoms with Gasteiger partial charge in [0.2, 0.25) is 0 Å². The lowest BCUT2D eigenvalue weighted by Gasteiger charge is -2.36. The van der Waals surface area contributed by atoms with Gasteiger partial charge in [0.25, 0.3) is 0 Å². The molecule has 5 nitrogen and oxygen atoms in total. The van der Waals surface area contributed by atoms with Gasteiger partial charge in [-0.05, 0) is 52.6 Å². The molecule has 0 radical (unpaired) electrons. The lowest BCUT2D eigenvalue weighted by Crippen LogP contribution is -2.51. The van der Waals surface area contributed by atoms with Crippen molar-refractivity contribution in [1.82, 2.24) is 15.5 Å². The van der Waals surface area contributed by atoms with Crippen molar-refractivity contribution in [1.29, 1.82) is 0 Å². The van der Waals surface area contributed by atoms with Gasteiger partial charge in [-0.2, -0.15) is 0 Å². The minimum Gasteiger partial charge on any atom is -0.459 e. The first-order valence-electron chi connectivity index (χ1n) is 9.30. The highest BCUT2D eigenvalue weighted by atomic mass is 16.3. The third kappa shape index (κ3) is 3.01. The molecule has 2 saturated heterocycles. The van der Waals surface area contributed by atoms with E-state index < -0.39 is 0 Å². The number of benzene rings is 1. The first kappa shape index (κ1) is 16.5. The van der Waals surface area contributed by atoms with Crippen LogP contribution >= 0.6 is 0 Å². The van der Waals surface area contributed by atoms with Crippen LogP contribution in [0.1, 0.15) is 50.0 Å². The van der Waals surface area contributed by atoms with Crippen LogP contribution in [0.4, 0.5) is 4.79 Å². The lowest BCUT2D eigenvalue weighted by atomic mass is 9.98. The van der Waals surface area contributed by atoms with E-state index in [0.717, 1.165) is 35.1 Å². The third-order valence-electron chi connectivity index (χ3n) is 6.05. The van der Waals surface area contributed by atoms with Crippen molar-refractivity contribution in [2.75, 3.05) is 7.05 Å². The molecule has 134 valence electrons. The summed E-state index contributed by atoms with van der Waals surface area (Å²) in [6.07, 6.45) is 4.63. The number of nitrogens with one attached hydrogen (secondary N) is 2. The molecule has 2 aliphatic heterocycles. The Labute approximate surface area is 148 Å². The van der Waals surface area contributed by atoms with Gasteiger partial charge in [-0.1, -0.05) is 18.2 Å². The molecule has 5 heteroatoms. The second-order valence-corrected chi connectivity index (χ2v) is 7.65. The molecule has 2 unspecified atom stereocenters. The first-order chi connectivity index (χ1) is 12.0. The van der Waals surface area contributed by atoms with Crippen LogP contribution in [-0.4, -0.2) is 36.1 Å². The predicted octanol–water partition coefficient (Wildman–Crippen LogP) is 3.73. The van der Waals surface area contributed by atoms with Gasteiger partial charge in [-0.15, -0.1) is 0 Å². The molecule has 1 aromatic carbocycles. The van der Waals surface area contributed by atoms with Gasteiger partial charge in [0, 0.05) is 29.1 Å². The molecule has 2 N–H and O–H groups in total. The third-order valence-corrected chi connectivity index (χ3v) is 6.05. The molecule has 2 aliphatic rings. The molecule has 2 amide bonds. The van der Waals surface area contributed by atoms with Crippen molar-refractivity contribution in [2.45, 2.75) is 63.7 Å². The number of nitrogens with zero attached hydrogens (tertiary/aromatic N) is 1. The fraction of sp³-hybridized carbons (Fsp3) is 0.550. The summed E-state index contributed by atoms with van der Waals surface area (Å²) < 4.78 is 5.96. The summed E-state index contributed by atoms with van der Waals surface area (Å²) in [5.74, 6) is 0.833. The van der Waals surface area contributed by atoms with E-state index in [4.69, 9.17) is 4.42 Å². The summed E-state index contributed by atoms with van der Waals surface area (Å²) >= 11 is 0. The van der Waals surface area contributed by atoms with Crippen LogP contribution in [0.15, 0.2) is 28.7 Å². The molecule has 2 fully saturated rings. The predicted molar refractivity (Wildman–Crippen MR) is 98.6 cm³/mol. The quantitative estimate of drug-likeness (QED) is 0.894. The molecular formula is C20H27N3O2. The highest BCUT2D eigenvalue weighted by molar-refractivity contribution is 5.82. The molecule has 1 aromatic heterocycles. The summed E-state index contributed by atoms with van der Waals surface area (Å²) in [6.45, 7) is 4.02. The van der Waals surface area contributed by atoms with Crippen LogP contribution in [0.25, 0.3) is 11.0 Å². The standard InChI is InChI=1S/C20H27N3O2/c1-12-17-6-4-5-7-18(17)25-19(12)13(2)21-20(24)22-14-10-15-8-9-16(11-14)23(15)3/h4-7,13-16H,8-11H2,1-3H3,(H2,21,22,24)/t13-,14?,15?,16?/m1/s1. The van der Waals surface area contributed by atoms with Crippen LogP contribution in [0.5, 0.6) is 0 Å². The Balaban J connectivity index is 1.39. The zero-order valence-electron chi connectivity index (χ0n) is 15.2. The molecule has 4 rings (SSSR count). The number of rotatable bonds is 3. The maximum Gasteiger partial charge on any atom is 0.315 e. The number of urea groups is 1. The van der Waals surface area contributed by atoms with Gasteiger partial charge in [-0.3, -0.25) is 0 Å². The van der Waals surface area contributed by atoms with Crippen molar-refractivity contribution < 1.29 is 9.21 Å². The van der Waals surface area contributed by atoms with E-state index in [1.165, 1.54) is 12.8 Å². The molecule has 2 bridgehead atoms. The topological polar surface area (TPSA) is 57.5 Å². The fourth-order valence-electron chi connectivity index (χ4n) is 4.62. The van der Waals surface area contributed by atoms with Crippen molar-refractivity contribution in [3.05, 3.63) is 35.6 Å². The van der Waals surface area contributed by atoms with Crippen LogP contribution < -0.4 is 10.6 Å². The van der Waals surface area contributed by atoms with Crippen molar-refractivity contribution in [2.24, 2.45) is 0 Å². The van der Waals surface area contributed by atoms with E-state index in [-0.39, 0.29) is 18.1 Å². The van der Waals surface area contributed by atoms with E-state index in [0.29, 0.717) is 12.1 Å². The number of fused-ring (bicyclic) bond motifs is 3. The molecule has 3 heterocycles. The summed E-state index contributed by atoms with van der Waals surface area (Å²) in [6, 6.07) is 9.26. The Morgan fingerprint density at radius 1 is 1.24 bits per heavy atom. The number of hydrogen-bond donors (Lipinski definition) is 2. The summed E-state index contributed by atoms with van der Waals surface area (Å²) in [7, 11) is 2.21. The van der Waals surface area contributed by atoms with Gasteiger partial charge >= 0.3 is 6.03 Å². The van der Waals surface area contributed by atoms with Gasteiger partial charge in [0.15, 0.2) is 0 Å². The van der Waals surface area contributed by atoms with Crippen LogP contribution in [0.2, 0.25) is 0 Å². The minimum absolute atomic E-state index is 0.0960. The van der Waals surface area contributed by atoms with E-state index in [1.54, 1.807) is 0 Å². The molecule has 0 saturated carbocycles. The monoisotopic (exact) mass is 341 g/mol. The first-order valence-corrected chi connectivity index (χ1v) is 9.30. The van der Waals surface area contributed by atoms with E-state index >= 15 is 0 Å². The van der Waals surface area contributed by atoms with Gasteiger partial charge in [0.1, 0.15) is 11.3 Å². The molecular weight excluding hydrogens is 314 g/mol. The maximum atomic E-state index is 12.5. The Hall–Kier alpha value is -2.01. The number of amides is 2. The van der Waals surface area contributed by atoms with E-state index in [9.17, 15) is 4.79 Å². The zero-order valence-corrected chi connectivity index (χ0v) is 15.2. The minimum atomic E-state index is -0.157. The highest BCUT2D eigenvalue weighted by Crippen LogP contribution is 2.34. The molecule has 0 aliphatic carbocycles. The van der Waals surface area contributed by atoms with Gasteiger partial charge in [0.05, 0.1) is 6.04 Å². The van der Waals surface area contributed by atoms with Crippen LogP contribution in [0.3, 0.4) is 0 Å². The normalized spacial score (nSPS) is 27.4. The molecule has 2 aromatic rings. The molecule has 0 spiro atoms. The summed E-state index contributed by atoms with van der Waals surface area (Å²) in [5, 5.41) is 7.33. The Morgan fingerprint density at radius 2 is 1.92 bits per heavy atom. The number of para-hydroxylation sites is 1. The van der Waals surface area contributed by atoms with E-state index in [1.807, 2.05) is 32.0 Å². The van der Waals surface area contributed by atoms with Crippen molar-refractivity contribution >= 4 is 17.0 Å². The average Bonchev–Trinajstić information content (AvgIpc) is 3.00. The van der Waals surface area contributed by atoms with E-state index in [2.05, 4.69) is 28.6 Å². The Bertz CT molecular complexity index is 770. The molecule has 3 atom stereocenters. The highest BCUT2D eigenvalue weighted by Gasteiger charge is 2.38. The van der Waals surface area contributed by atoms with Crippen molar-refractivity contribution in [3.63, 3.8) is 0 Å². The summed E-state index contributed by atoms with van der Waals surface area (Å²) in [4.78, 5) is 14.9. The second kappa shape index (κ2) is 6.37. The van der Waals surface area contributed by atoms with Crippen LogP contribution in [-0.2, 0) is 0 Å². The number of piperidine rings is 1. The number of aryl methyl sites for hydroxylation is 1. The molecule has 25 heavy (non-hydrogen) atoms.